The van der Waals surface area contributed by atoms with Gasteiger partial charge in [0.25, 0.3) is 0 Å². The number of aliphatic imine (C=N–C) groups is 1. The lowest BCUT2D eigenvalue weighted by atomic mass is 9.79. The lowest BCUT2D eigenvalue weighted by Crippen LogP contribution is -2.54. The van der Waals surface area contributed by atoms with E-state index in [1.54, 1.807) is 18.7 Å². The third kappa shape index (κ3) is 5.20. The summed E-state index contributed by atoms with van der Waals surface area (Å²) in [5, 5.41) is 1.35. The second-order valence-corrected chi connectivity index (χ2v) is 8.49. The van der Waals surface area contributed by atoms with E-state index in [1.165, 1.54) is 0 Å². The Bertz CT molecular complexity index is 470. The fourth-order valence-electron chi connectivity index (χ4n) is 3.48. The summed E-state index contributed by atoms with van der Waals surface area (Å²) in [5.41, 5.74) is 0. The van der Waals surface area contributed by atoms with Crippen LogP contribution in [0.25, 0.3) is 0 Å². The summed E-state index contributed by atoms with van der Waals surface area (Å²) in [6, 6.07) is 0.0847. The number of ether oxygens (including phenoxy) is 2. The molecule has 0 N–H and O–H groups in total. The van der Waals surface area contributed by atoms with E-state index in [-0.39, 0.29) is 30.0 Å². The Morgan fingerprint density at radius 1 is 1.16 bits per heavy atom. The number of unbranched alkanes of at least 4 members (excludes halogenated alkanes) is 2. The lowest BCUT2D eigenvalue weighted by Gasteiger charge is -2.42. The molecule has 144 valence electrons. The van der Waals surface area contributed by atoms with Gasteiger partial charge in [-0.3, -0.25) is 9.79 Å². The van der Waals surface area contributed by atoms with E-state index < -0.39 is 0 Å². The Morgan fingerprint density at radius 3 is 2.28 bits per heavy atom. The molecular weight excluding hydrogens is 336 g/mol. The molecular formula is C19H34N2O3S. The molecule has 1 heterocycles. The standard InChI is InChI=1S/C19H34N2O3S/c1-6-8-10-23-17-14(13(3)22)12-15-16(18(17)24-11-9-7-2)20-19(25-15)21(4)5/h14-18H,6-12H2,1-5H3/t14-,15+,16+,17-,18-/m1/s1. The van der Waals surface area contributed by atoms with Crippen molar-refractivity contribution in [2.24, 2.45) is 10.9 Å². The van der Waals surface area contributed by atoms with Gasteiger partial charge < -0.3 is 14.4 Å². The molecule has 0 aromatic carbocycles. The van der Waals surface area contributed by atoms with Crippen LogP contribution in [0.5, 0.6) is 0 Å². The summed E-state index contributed by atoms with van der Waals surface area (Å²) < 4.78 is 12.5. The van der Waals surface area contributed by atoms with Crippen LogP contribution in [0.15, 0.2) is 4.99 Å². The highest BCUT2D eigenvalue weighted by atomic mass is 32.2. The van der Waals surface area contributed by atoms with Crippen molar-refractivity contribution in [3.05, 3.63) is 0 Å². The van der Waals surface area contributed by atoms with E-state index in [1.807, 2.05) is 14.1 Å². The molecule has 0 saturated heterocycles. The Labute approximate surface area is 156 Å². The summed E-state index contributed by atoms with van der Waals surface area (Å²) >= 11 is 1.79. The number of rotatable bonds is 9. The van der Waals surface area contributed by atoms with Gasteiger partial charge in [0, 0.05) is 38.5 Å². The van der Waals surface area contributed by atoms with Gasteiger partial charge in [-0.25, -0.2) is 0 Å². The first-order valence-electron chi connectivity index (χ1n) is 9.65. The molecule has 25 heavy (non-hydrogen) atoms. The number of ketones is 1. The Balaban J connectivity index is 2.21. The summed E-state index contributed by atoms with van der Waals surface area (Å²) in [6.07, 6.45) is 4.75. The largest absolute Gasteiger partial charge is 0.375 e. The normalized spacial score (nSPS) is 31.6. The van der Waals surface area contributed by atoms with Crippen LogP contribution in [0.3, 0.4) is 0 Å². The molecule has 1 aliphatic heterocycles. The van der Waals surface area contributed by atoms with Gasteiger partial charge in [0.1, 0.15) is 11.9 Å². The first kappa shape index (κ1) is 20.7. The maximum absolute atomic E-state index is 12.3. The molecule has 0 radical (unpaired) electrons. The number of fused-ring (bicyclic) bond motifs is 1. The zero-order chi connectivity index (χ0) is 18.4. The van der Waals surface area contributed by atoms with Gasteiger partial charge in [0.15, 0.2) is 5.17 Å². The number of Topliss-reactive ketones (excluding diaryl/α,β-unsaturated/α-hetero) is 1. The third-order valence-electron chi connectivity index (χ3n) is 4.96. The summed E-state index contributed by atoms with van der Waals surface area (Å²) in [5.74, 6) is 0.122. The van der Waals surface area contributed by atoms with Crippen molar-refractivity contribution >= 4 is 22.7 Å². The van der Waals surface area contributed by atoms with Crippen LogP contribution in [-0.2, 0) is 14.3 Å². The molecule has 0 bridgehead atoms. The van der Waals surface area contributed by atoms with E-state index >= 15 is 0 Å². The minimum atomic E-state index is -0.173. The molecule has 1 fully saturated rings. The van der Waals surface area contributed by atoms with Gasteiger partial charge in [-0.15, -0.1) is 0 Å². The molecule has 5 nitrogen and oxygen atoms in total. The van der Waals surface area contributed by atoms with Crippen molar-refractivity contribution in [1.29, 1.82) is 0 Å². The van der Waals surface area contributed by atoms with Crippen LogP contribution in [0.4, 0.5) is 0 Å². The molecule has 0 amide bonds. The van der Waals surface area contributed by atoms with Crippen molar-refractivity contribution in [3.63, 3.8) is 0 Å². The zero-order valence-electron chi connectivity index (χ0n) is 16.4. The van der Waals surface area contributed by atoms with Crippen molar-refractivity contribution in [3.8, 4) is 0 Å². The molecule has 1 aliphatic carbocycles. The molecule has 2 rings (SSSR count). The molecule has 0 unspecified atom stereocenters. The Morgan fingerprint density at radius 2 is 1.76 bits per heavy atom. The van der Waals surface area contributed by atoms with E-state index in [0.29, 0.717) is 18.5 Å². The minimum Gasteiger partial charge on any atom is -0.375 e. The topological polar surface area (TPSA) is 51.1 Å². The molecule has 5 atom stereocenters. The average molecular weight is 371 g/mol. The fourth-order valence-corrected chi connectivity index (χ4v) is 4.80. The van der Waals surface area contributed by atoms with Crippen LogP contribution >= 0.6 is 11.8 Å². The highest BCUT2D eigenvalue weighted by molar-refractivity contribution is 8.14. The van der Waals surface area contributed by atoms with Crippen LogP contribution in [0.2, 0.25) is 0 Å². The zero-order valence-corrected chi connectivity index (χ0v) is 17.2. The first-order chi connectivity index (χ1) is 12.0. The Hall–Kier alpha value is -0.590. The van der Waals surface area contributed by atoms with Crippen molar-refractivity contribution in [2.45, 2.75) is 76.4 Å². The fraction of sp³-hybridized carbons (Fsp3) is 0.895. The maximum atomic E-state index is 12.3. The number of carbonyl (C=O) groups is 1. The molecule has 2 aliphatic rings. The molecule has 6 heteroatoms. The van der Waals surface area contributed by atoms with Gasteiger partial charge in [0.2, 0.25) is 0 Å². The highest BCUT2D eigenvalue weighted by Gasteiger charge is 2.51. The van der Waals surface area contributed by atoms with Crippen molar-refractivity contribution in [1.82, 2.24) is 4.90 Å². The van der Waals surface area contributed by atoms with E-state index in [4.69, 9.17) is 14.5 Å². The number of nitrogens with zero attached hydrogens (tertiary/aromatic N) is 2. The van der Waals surface area contributed by atoms with Crippen LogP contribution in [-0.4, -0.2) is 66.7 Å². The van der Waals surface area contributed by atoms with Gasteiger partial charge in [-0.05, 0) is 26.2 Å². The number of thioether (sulfide) groups is 1. The predicted molar refractivity (Wildman–Crippen MR) is 104 cm³/mol. The van der Waals surface area contributed by atoms with E-state index in [0.717, 1.165) is 37.3 Å². The summed E-state index contributed by atoms with van der Waals surface area (Å²) in [4.78, 5) is 19.3. The van der Waals surface area contributed by atoms with Crippen molar-refractivity contribution < 1.29 is 14.3 Å². The lowest BCUT2D eigenvalue weighted by molar-refractivity contribution is -0.146. The van der Waals surface area contributed by atoms with Gasteiger partial charge in [-0.1, -0.05) is 38.5 Å². The molecule has 0 aromatic heterocycles. The maximum Gasteiger partial charge on any atom is 0.159 e. The Kier molecular flexibility index (Phi) is 8.23. The highest BCUT2D eigenvalue weighted by Crippen LogP contribution is 2.43. The average Bonchev–Trinajstić information content (AvgIpc) is 3.00. The second-order valence-electron chi connectivity index (χ2n) is 7.28. The van der Waals surface area contributed by atoms with Crippen LogP contribution in [0.1, 0.15) is 52.9 Å². The van der Waals surface area contributed by atoms with Gasteiger partial charge in [-0.2, -0.15) is 0 Å². The minimum absolute atomic E-state index is 0.0847. The number of carbonyl (C=O) groups excluding carboxylic acids is 1. The van der Waals surface area contributed by atoms with Crippen molar-refractivity contribution in [2.75, 3.05) is 27.3 Å². The summed E-state index contributed by atoms with van der Waals surface area (Å²) in [6.45, 7) is 7.40. The third-order valence-corrected chi connectivity index (χ3v) is 6.42. The second kappa shape index (κ2) is 9.93. The molecule has 0 aromatic rings. The monoisotopic (exact) mass is 370 g/mol. The quantitative estimate of drug-likeness (QED) is 0.583. The number of amidine groups is 1. The number of hydrogen-bond donors (Lipinski definition) is 0. The first-order valence-corrected chi connectivity index (χ1v) is 10.5. The van der Waals surface area contributed by atoms with E-state index in [9.17, 15) is 4.79 Å². The smallest absolute Gasteiger partial charge is 0.159 e. The molecule has 0 spiro atoms. The van der Waals surface area contributed by atoms with Gasteiger partial charge >= 0.3 is 0 Å². The van der Waals surface area contributed by atoms with E-state index in [2.05, 4.69) is 18.7 Å². The van der Waals surface area contributed by atoms with Crippen LogP contribution in [0, 0.1) is 5.92 Å². The van der Waals surface area contributed by atoms with Gasteiger partial charge in [0.05, 0.1) is 12.1 Å². The summed E-state index contributed by atoms with van der Waals surface area (Å²) in [7, 11) is 4.04. The molecule has 1 saturated carbocycles. The SMILES string of the molecule is CCCCO[C@@H]1[C@H]2N=C(N(C)C)S[C@H]2C[C@H](C(C)=O)[C@H]1OCCCC. The number of hydrogen-bond acceptors (Lipinski definition) is 6. The predicted octanol–water partition coefficient (Wildman–Crippen LogP) is 3.37. The van der Waals surface area contributed by atoms with Crippen LogP contribution < -0.4 is 0 Å².